The number of hydrogen-bond donors (Lipinski definition) is 0. The molecule has 0 radical (unpaired) electrons. The number of alkyl halides is 1. The fourth-order valence-corrected chi connectivity index (χ4v) is 1.04. The largest absolute Gasteiger partial charge is 0.426 e. The Bertz CT molecular complexity index is 297. The van der Waals surface area contributed by atoms with Gasteiger partial charge in [0.1, 0.15) is 11.6 Å². The smallest absolute Gasteiger partial charge is 0.326 e. The van der Waals surface area contributed by atoms with Crippen molar-refractivity contribution in [3.05, 3.63) is 29.8 Å². The number of carbonyl (C=O) groups is 1. The summed E-state index contributed by atoms with van der Waals surface area (Å²) in [5, 5.41) is 0. The molecule has 3 heteroatoms. The van der Waals surface area contributed by atoms with Crippen LogP contribution in [0.4, 0.5) is 0 Å². The fourth-order valence-electron chi connectivity index (χ4n) is 0.988. The number of carbonyl (C=O) groups excluding carboxylic acids is 1. The van der Waals surface area contributed by atoms with Crippen molar-refractivity contribution in [1.82, 2.24) is 0 Å². The molecule has 0 saturated carbocycles. The van der Waals surface area contributed by atoms with Crippen molar-refractivity contribution in [1.29, 1.82) is 0 Å². The third kappa shape index (κ3) is 3.07. The molecular weight excluding hydrogens is 188 g/mol. The van der Waals surface area contributed by atoms with E-state index in [1.807, 2.05) is 25.1 Å². The van der Waals surface area contributed by atoms with Crippen LogP contribution in [-0.2, 0) is 11.2 Å². The number of halogens is 1. The van der Waals surface area contributed by atoms with Crippen molar-refractivity contribution in [3.8, 4) is 5.75 Å². The molecule has 0 aromatic heterocycles. The highest BCUT2D eigenvalue weighted by Crippen LogP contribution is 2.13. The van der Waals surface area contributed by atoms with Gasteiger partial charge in [-0.2, -0.15) is 0 Å². The molecule has 0 aliphatic carbocycles. The number of rotatable bonds is 3. The fraction of sp³-hybridized carbons (Fsp3) is 0.300. The van der Waals surface area contributed by atoms with E-state index >= 15 is 0 Å². The maximum atomic E-state index is 10.8. The summed E-state index contributed by atoms with van der Waals surface area (Å²) in [6, 6.07) is 7.42. The number of esters is 1. The molecule has 0 saturated heterocycles. The topological polar surface area (TPSA) is 26.3 Å². The summed E-state index contributed by atoms with van der Waals surface area (Å²) in [6.45, 7) is 2.04. The van der Waals surface area contributed by atoms with Gasteiger partial charge in [-0.05, 0) is 24.1 Å². The Balaban J connectivity index is 2.71. The second kappa shape index (κ2) is 4.87. The van der Waals surface area contributed by atoms with Crippen LogP contribution in [0, 0.1) is 0 Å². The summed E-state index contributed by atoms with van der Waals surface area (Å²) in [6.07, 6.45) is 0.923. The van der Waals surface area contributed by atoms with Gasteiger partial charge in [0.25, 0.3) is 0 Å². The Morgan fingerprint density at radius 1 is 1.54 bits per heavy atom. The van der Waals surface area contributed by atoms with Crippen LogP contribution in [0.25, 0.3) is 0 Å². The van der Waals surface area contributed by atoms with Gasteiger partial charge in [0.05, 0.1) is 0 Å². The Morgan fingerprint density at radius 2 is 2.31 bits per heavy atom. The lowest BCUT2D eigenvalue weighted by Crippen LogP contribution is -2.08. The zero-order valence-electron chi connectivity index (χ0n) is 7.42. The van der Waals surface area contributed by atoms with Crippen LogP contribution in [0.15, 0.2) is 24.3 Å². The van der Waals surface area contributed by atoms with E-state index < -0.39 is 5.97 Å². The molecule has 0 bridgehead atoms. The molecule has 0 unspecified atom stereocenters. The van der Waals surface area contributed by atoms with E-state index in [1.54, 1.807) is 6.07 Å². The van der Waals surface area contributed by atoms with E-state index in [1.165, 1.54) is 0 Å². The molecule has 0 heterocycles. The van der Waals surface area contributed by atoms with Crippen LogP contribution < -0.4 is 4.74 Å². The molecule has 0 amide bonds. The highest BCUT2D eigenvalue weighted by atomic mass is 35.5. The van der Waals surface area contributed by atoms with E-state index in [4.69, 9.17) is 16.3 Å². The zero-order valence-corrected chi connectivity index (χ0v) is 8.17. The maximum Gasteiger partial charge on any atom is 0.326 e. The lowest BCUT2D eigenvalue weighted by molar-refractivity contribution is -0.131. The molecule has 70 valence electrons. The first kappa shape index (κ1) is 10.1. The molecule has 0 spiro atoms. The Hall–Kier alpha value is -1.02. The number of aryl methyl sites for hydroxylation is 1. The molecule has 0 aliphatic rings. The first-order valence-electron chi connectivity index (χ1n) is 4.12. The molecule has 0 N–H and O–H groups in total. The summed E-state index contributed by atoms with van der Waals surface area (Å²) < 4.78 is 4.94. The predicted octanol–water partition coefficient (Wildman–Crippen LogP) is 2.39. The van der Waals surface area contributed by atoms with Crippen molar-refractivity contribution < 1.29 is 9.53 Å². The van der Waals surface area contributed by atoms with Gasteiger partial charge in [0.15, 0.2) is 0 Å². The standard InChI is InChI=1S/C10H11ClO2/c1-2-8-4-3-5-9(6-8)13-10(12)7-11/h3-6H,2,7H2,1H3. The van der Waals surface area contributed by atoms with Crippen molar-refractivity contribution in [3.63, 3.8) is 0 Å². The second-order valence-corrected chi connectivity index (χ2v) is 2.88. The SMILES string of the molecule is CCc1cccc(OC(=O)CCl)c1. The van der Waals surface area contributed by atoms with Crippen LogP contribution in [0.3, 0.4) is 0 Å². The third-order valence-electron chi connectivity index (χ3n) is 1.65. The van der Waals surface area contributed by atoms with Gasteiger partial charge in [0.2, 0.25) is 0 Å². The van der Waals surface area contributed by atoms with Gasteiger partial charge in [0, 0.05) is 0 Å². The zero-order chi connectivity index (χ0) is 9.68. The molecule has 0 aliphatic heterocycles. The molecular formula is C10H11ClO2. The van der Waals surface area contributed by atoms with Gasteiger partial charge in [-0.1, -0.05) is 19.1 Å². The Kier molecular flexibility index (Phi) is 3.77. The molecule has 1 aromatic carbocycles. The van der Waals surface area contributed by atoms with Crippen LogP contribution >= 0.6 is 11.6 Å². The third-order valence-corrected chi connectivity index (χ3v) is 1.87. The summed E-state index contributed by atoms with van der Waals surface area (Å²) >= 11 is 5.30. The second-order valence-electron chi connectivity index (χ2n) is 2.61. The molecule has 2 nitrogen and oxygen atoms in total. The number of hydrogen-bond acceptors (Lipinski definition) is 2. The molecule has 0 atom stereocenters. The molecule has 1 rings (SSSR count). The summed E-state index contributed by atoms with van der Waals surface area (Å²) in [7, 11) is 0. The lowest BCUT2D eigenvalue weighted by Gasteiger charge is -2.03. The summed E-state index contributed by atoms with van der Waals surface area (Å²) in [5.74, 6) is 0.0241. The van der Waals surface area contributed by atoms with Gasteiger partial charge in [-0.3, -0.25) is 4.79 Å². The van der Waals surface area contributed by atoms with Gasteiger partial charge in [-0.25, -0.2) is 0 Å². The Morgan fingerprint density at radius 3 is 2.92 bits per heavy atom. The average Bonchev–Trinajstić information content (AvgIpc) is 2.18. The summed E-state index contributed by atoms with van der Waals surface area (Å²) in [5.41, 5.74) is 1.14. The molecule has 0 fully saturated rings. The predicted molar refractivity (Wildman–Crippen MR) is 52.2 cm³/mol. The van der Waals surface area contributed by atoms with Crippen molar-refractivity contribution in [2.75, 3.05) is 5.88 Å². The van der Waals surface area contributed by atoms with Gasteiger partial charge in [-0.15, -0.1) is 11.6 Å². The van der Waals surface area contributed by atoms with E-state index in [9.17, 15) is 4.79 Å². The van der Waals surface area contributed by atoms with Crippen molar-refractivity contribution in [2.24, 2.45) is 0 Å². The number of benzene rings is 1. The highest BCUT2D eigenvalue weighted by molar-refractivity contribution is 6.26. The lowest BCUT2D eigenvalue weighted by atomic mass is 10.2. The molecule has 13 heavy (non-hydrogen) atoms. The first-order chi connectivity index (χ1) is 6.26. The quantitative estimate of drug-likeness (QED) is 0.424. The van der Waals surface area contributed by atoms with E-state index in [-0.39, 0.29) is 5.88 Å². The van der Waals surface area contributed by atoms with Crippen LogP contribution in [0.2, 0.25) is 0 Å². The minimum Gasteiger partial charge on any atom is -0.426 e. The molecule has 1 aromatic rings. The maximum absolute atomic E-state index is 10.8. The normalized spacial score (nSPS) is 9.69. The Labute approximate surface area is 82.5 Å². The van der Waals surface area contributed by atoms with Gasteiger partial charge < -0.3 is 4.74 Å². The van der Waals surface area contributed by atoms with Crippen LogP contribution in [0.1, 0.15) is 12.5 Å². The minimum absolute atomic E-state index is 0.115. The average molecular weight is 199 g/mol. The van der Waals surface area contributed by atoms with Crippen molar-refractivity contribution >= 4 is 17.6 Å². The van der Waals surface area contributed by atoms with E-state index in [2.05, 4.69) is 0 Å². The minimum atomic E-state index is -0.421. The van der Waals surface area contributed by atoms with Crippen LogP contribution in [0.5, 0.6) is 5.75 Å². The summed E-state index contributed by atoms with van der Waals surface area (Å²) in [4.78, 5) is 10.8. The van der Waals surface area contributed by atoms with Crippen molar-refractivity contribution in [2.45, 2.75) is 13.3 Å². The van der Waals surface area contributed by atoms with E-state index in [0.717, 1.165) is 12.0 Å². The van der Waals surface area contributed by atoms with Crippen LogP contribution in [-0.4, -0.2) is 11.8 Å². The van der Waals surface area contributed by atoms with E-state index in [0.29, 0.717) is 5.75 Å². The van der Waals surface area contributed by atoms with Gasteiger partial charge >= 0.3 is 5.97 Å². The number of ether oxygens (including phenoxy) is 1. The monoisotopic (exact) mass is 198 g/mol. The highest BCUT2D eigenvalue weighted by Gasteiger charge is 2.02. The first-order valence-corrected chi connectivity index (χ1v) is 4.65.